The molecule has 2 nitrogen and oxygen atoms in total. The number of rotatable bonds is 7. The maximum Gasteiger partial charge on any atom is 0.0621 e. The van der Waals surface area contributed by atoms with E-state index in [1.807, 2.05) is 0 Å². The van der Waals surface area contributed by atoms with E-state index in [9.17, 15) is 5.11 Å². The highest BCUT2D eigenvalue weighted by Crippen LogP contribution is 2.20. The maximum atomic E-state index is 9.76. The molecule has 0 amide bonds. The van der Waals surface area contributed by atoms with Gasteiger partial charge in [-0.05, 0) is 25.2 Å². The molecule has 2 atom stereocenters. The van der Waals surface area contributed by atoms with Gasteiger partial charge in [-0.3, -0.25) is 0 Å². The Balaban J connectivity index is 3.84. The van der Waals surface area contributed by atoms with E-state index >= 15 is 0 Å². The minimum absolute atomic E-state index is 0.196. The van der Waals surface area contributed by atoms with Gasteiger partial charge >= 0.3 is 0 Å². The summed E-state index contributed by atoms with van der Waals surface area (Å²) in [5.41, 5.74) is 0. The van der Waals surface area contributed by atoms with Crippen molar-refractivity contribution in [3.05, 3.63) is 0 Å². The van der Waals surface area contributed by atoms with Crippen molar-refractivity contribution < 1.29 is 5.11 Å². The molecule has 0 radical (unpaired) electrons. The topological polar surface area (TPSA) is 44.0 Å². The third-order valence-corrected chi connectivity index (χ3v) is 2.41. The van der Waals surface area contributed by atoms with Crippen LogP contribution < -0.4 is 0 Å². The molecule has 0 saturated carbocycles. The van der Waals surface area contributed by atoms with Crippen LogP contribution in [0.3, 0.4) is 0 Å². The van der Waals surface area contributed by atoms with Crippen molar-refractivity contribution in [2.45, 2.75) is 58.5 Å². The molecule has 13 heavy (non-hydrogen) atoms. The molecule has 2 unspecified atom stereocenters. The van der Waals surface area contributed by atoms with Crippen LogP contribution in [-0.2, 0) is 0 Å². The van der Waals surface area contributed by atoms with Crippen LogP contribution in [0.2, 0.25) is 0 Å². The number of hydrogen-bond donors (Lipinski definition) is 1. The number of nitriles is 1. The van der Waals surface area contributed by atoms with E-state index in [1.165, 1.54) is 0 Å². The molecule has 0 heterocycles. The van der Waals surface area contributed by atoms with Gasteiger partial charge in [0.05, 0.1) is 12.2 Å². The first-order chi connectivity index (χ1) is 6.26. The lowest BCUT2D eigenvalue weighted by molar-refractivity contribution is 0.0885. The monoisotopic (exact) mass is 183 g/mol. The zero-order valence-electron chi connectivity index (χ0n) is 8.79. The van der Waals surface area contributed by atoms with Crippen LogP contribution in [0.4, 0.5) is 0 Å². The summed E-state index contributed by atoms with van der Waals surface area (Å²) >= 11 is 0. The summed E-state index contributed by atoms with van der Waals surface area (Å²) in [6.07, 6.45) is 5.26. The molecule has 1 N–H and O–H groups in total. The summed E-state index contributed by atoms with van der Waals surface area (Å²) in [6.45, 7) is 4.20. The summed E-state index contributed by atoms with van der Waals surface area (Å²) in [4.78, 5) is 0. The van der Waals surface area contributed by atoms with Crippen LogP contribution in [0.1, 0.15) is 52.4 Å². The van der Waals surface area contributed by atoms with Crippen LogP contribution in [0.5, 0.6) is 0 Å². The summed E-state index contributed by atoms with van der Waals surface area (Å²) in [6, 6.07) is 2.14. The summed E-state index contributed by atoms with van der Waals surface area (Å²) < 4.78 is 0. The molecule has 0 fully saturated rings. The molecule has 2 heteroatoms. The van der Waals surface area contributed by atoms with E-state index in [4.69, 9.17) is 5.26 Å². The van der Waals surface area contributed by atoms with Crippen molar-refractivity contribution in [2.75, 3.05) is 0 Å². The summed E-state index contributed by atoms with van der Waals surface area (Å²) in [7, 11) is 0. The Labute approximate surface area is 81.6 Å². The van der Waals surface area contributed by atoms with Crippen LogP contribution in [0.15, 0.2) is 0 Å². The quantitative estimate of drug-likeness (QED) is 0.659. The van der Waals surface area contributed by atoms with Crippen molar-refractivity contribution in [2.24, 2.45) is 5.92 Å². The van der Waals surface area contributed by atoms with Gasteiger partial charge in [0.25, 0.3) is 0 Å². The standard InChI is InChI=1S/C11H21NO/c1-3-6-10(8-5-9-12)11(13)7-4-2/h10-11,13H,3-8H2,1-2H3. The normalized spacial score (nSPS) is 14.9. The van der Waals surface area contributed by atoms with Gasteiger partial charge < -0.3 is 5.11 Å². The van der Waals surface area contributed by atoms with Crippen LogP contribution in [-0.4, -0.2) is 11.2 Å². The predicted molar refractivity (Wildman–Crippen MR) is 54.2 cm³/mol. The van der Waals surface area contributed by atoms with Crippen molar-refractivity contribution >= 4 is 0 Å². The van der Waals surface area contributed by atoms with Gasteiger partial charge in [-0.1, -0.05) is 26.7 Å². The van der Waals surface area contributed by atoms with E-state index in [0.717, 1.165) is 32.1 Å². The lowest BCUT2D eigenvalue weighted by Crippen LogP contribution is -2.20. The van der Waals surface area contributed by atoms with Crippen LogP contribution in [0.25, 0.3) is 0 Å². The molecule has 0 aromatic rings. The highest BCUT2D eigenvalue weighted by molar-refractivity contribution is 4.75. The third kappa shape index (κ3) is 5.65. The van der Waals surface area contributed by atoms with Gasteiger partial charge in [-0.2, -0.15) is 5.26 Å². The predicted octanol–water partition coefficient (Wildman–Crippen LogP) is 2.87. The zero-order valence-corrected chi connectivity index (χ0v) is 8.79. The van der Waals surface area contributed by atoms with Gasteiger partial charge in [-0.15, -0.1) is 0 Å². The van der Waals surface area contributed by atoms with Gasteiger partial charge in [0.1, 0.15) is 0 Å². The molecule has 0 spiro atoms. The lowest BCUT2D eigenvalue weighted by atomic mass is 9.90. The summed E-state index contributed by atoms with van der Waals surface area (Å²) in [5, 5.41) is 18.2. The smallest absolute Gasteiger partial charge is 0.0621 e. The minimum Gasteiger partial charge on any atom is -0.393 e. The van der Waals surface area contributed by atoms with E-state index in [2.05, 4.69) is 19.9 Å². The van der Waals surface area contributed by atoms with Gasteiger partial charge in [0.2, 0.25) is 0 Å². The van der Waals surface area contributed by atoms with Gasteiger partial charge in [-0.25, -0.2) is 0 Å². The van der Waals surface area contributed by atoms with Crippen LogP contribution in [0, 0.1) is 17.2 Å². The first-order valence-corrected chi connectivity index (χ1v) is 5.31. The molecule has 0 aliphatic rings. The molecule has 0 aromatic heterocycles. The number of nitrogens with zero attached hydrogens (tertiary/aromatic N) is 1. The number of aliphatic hydroxyl groups is 1. The molecular weight excluding hydrogens is 162 g/mol. The maximum absolute atomic E-state index is 9.76. The first kappa shape index (κ1) is 12.4. The van der Waals surface area contributed by atoms with Crippen molar-refractivity contribution in [3.63, 3.8) is 0 Å². The second-order valence-corrected chi connectivity index (χ2v) is 3.60. The number of hydrogen-bond acceptors (Lipinski definition) is 2. The van der Waals surface area contributed by atoms with Crippen molar-refractivity contribution in [1.82, 2.24) is 0 Å². The van der Waals surface area contributed by atoms with Gasteiger partial charge in [0, 0.05) is 6.42 Å². The van der Waals surface area contributed by atoms with E-state index in [1.54, 1.807) is 0 Å². The Morgan fingerprint density at radius 2 is 1.77 bits per heavy atom. The molecular formula is C11H21NO. The second kappa shape index (κ2) is 8.07. The third-order valence-electron chi connectivity index (χ3n) is 2.41. The summed E-state index contributed by atoms with van der Waals surface area (Å²) in [5.74, 6) is 0.338. The molecule has 0 aromatic carbocycles. The molecule has 0 bridgehead atoms. The Morgan fingerprint density at radius 3 is 2.23 bits per heavy atom. The average Bonchev–Trinajstić information content (AvgIpc) is 2.12. The Bertz CT molecular complexity index is 151. The molecule has 0 aliphatic heterocycles. The SMILES string of the molecule is CCCC(O)C(CCC)CCC#N. The van der Waals surface area contributed by atoms with E-state index < -0.39 is 0 Å². The molecule has 0 saturated heterocycles. The highest BCUT2D eigenvalue weighted by Gasteiger charge is 2.16. The highest BCUT2D eigenvalue weighted by atomic mass is 16.3. The molecule has 0 aliphatic carbocycles. The van der Waals surface area contributed by atoms with E-state index in [-0.39, 0.29) is 6.10 Å². The van der Waals surface area contributed by atoms with Crippen molar-refractivity contribution in [3.8, 4) is 6.07 Å². The fraction of sp³-hybridized carbons (Fsp3) is 0.909. The minimum atomic E-state index is -0.196. The Morgan fingerprint density at radius 1 is 1.15 bits per heavy atom. The second-order valence-electron chi connectivity index (χ2n) is 3.60. The zero-order chi connectivity index (χ0) is 10.1. The average molecular weight is 183 g/mol. The van der Waals surface area contributed by atoms with Crippen LogP contribution >= 0.6 is 0 Å². The Kier molecular flexibility index (Phi) is 7.73. The fourth-order valence-electron chi connectivity index (χ4n) is 1.68. The number of aliphatic hydroxyl groups excluding tert-OH is 1. The molecule has 0 rings (SSSR count). The fourth-order valence-corrected chi connectivity index (χ4v) is 1.68. The first-order valence-electron chi connectivity index (χ1n) is 5.31. The largest absolute Gasteiger partial charge is 0.393 e. The van der Waals surface area contributed by atoms with Gasteiger partial charge in [0.15, 0.2) is 0 Å². The molecule has 76 valence electrons. The van der Waals surface area contributed by atoms with E-state index in [0.29, 0.717) is 12.3 Å². The Hall–Kier alpha value is -0.550. The van der Waals surface area contributed by atoms with Crippen molar-refractivity contribution in [1.29, 1.82) is 5.26 Å². The lowest BCUT2D eigenvalue weighted by Gasteiger charge is -2.20.